The molecule has 0 heterocycles. The summed E-state index contributed by atoms with van der Waals surface area (Å²) in [5.74, 6) is 1.65. The fourth-order valence-electron chi connectivity index (χ4n) is 2.18. The first-order chi connectivity index (χ1) is 9.02. The molecule has 0 aromatic heterocycles. The molecule has 0 fully saturated rings. The van der Waals surface area contributed by atoms with Gasteiger partial charge in [0.15, 0.2) is 0 Å². The fraction of sp³-hybridized carbons (Fsp3) is 0.647. The van der Waals surface area contributed by atoms with Crippen molar-refractivity contribution in [2.75, 3.05) is 6.54 Å². The number of hydrogen-bond donors (Lipinski definition) is 1. The van der Waals surface area contributed by atoms with Crippen molar-refractivity contribution in [3.8, 4) is 5.75 Å². The van der Waals surface area contributed by atoms with Gasteiger partial charge >= 0.3 is 0 Å². The normalized spacial score (nSPS) is 13.0. The van der Waals surface area contributed by atoms with Gasteiger partial charge in [0.05, 0.1) is 6.10 Å². The number of ether oxygens (including phenoxy) is 1. The fourth-order valence-corrected chi connectivity index (χ4v) is 2.18. The minimum atomic E-state index is 0.232. The van der Waals surface area contributed by atoms with E-state index in [1.54, 1.807) is 0 Å². The van der Waals surface area contributed by atoms with Crippen molar-refractivity contribution in [3.05, 3.63) is 29.8 Å². The first-order valence-electron chi connectivity index (χ1n) is 7.53. The number of nitrogens with one attached hydrogen (secondary N) is 1. The maximum atomic E-state index is 5.69. The van der Waals surface area contributed by atoms with Crippen LogP contribution in [0.4, 0.5) is 0 Å². The summed E-state index contributed by atoms with van der Waals surface area (Å²) in [5.41, 5.74) is 1.36. The van der Waals surface area contributed by atoms with Gasteiger partial charge in [-0.05, 0) is 56.8 Å². The van der Waals surface area contributed by atoms with Gasteiger partial charge in [0.1, 0.15) is 5.75 Å². The molecule has 19 heavy (non-hydrogen) atoms. The smallest absolute Gasteiger partial charge is 0.119 e. The molecule has 0 spiro atoms. The first-order valence-corrected chi connectivity index (χ1v) is 7.53. The van der Waals surface area contributed by atoms with Gasteiger partial charge in [0, 0.05) is 6.04 Å². The lowest BCUT2D eigenvalue weighted by molar-refractivity contribution is 0.242. The lowest BCUT2D eigenvalue weighted by atomic mass is 9.97. The monoisotopic (exact) mass is 263 g/mol. The zero-order valence-electron chi connectivity index (χ0n) is 13.1. The molecule has 0 radical (unpaired) electrons. The van der Waals surface area contributed by atoms with E-state index in [0.29, 0.717) is 12.0 Å². The highest BCUT2D eigenvalue weighted by molar-refractivity contribution is 5.29. The Kier molecular flexibility index (Phi) is 6.93. The number of benzene rings is 1. The van der Waals surface area contributed by atoms with Crippen LogP contribution in [0.25, 0.3) is 0 Å². The van der Waals surface area contributed by atoms with Crippen LogP contribution in [-0.2, 0) is 0 Å². The largest absolute Gasteiger partial charge is 0.491 e. The molecule has 2 heteroatoms. The van der Waals surface area contributed by atoms with Crippen molar-refractivity contribution in [3.63, 3.8) is 0 Å². The average molecular weight is 263 g/mol. The van der Waals surface area contributed by atoms with E-state index in [-0.39, 0.29) is 6.10 Å². The van der Waals surface area contributed by atoms with E-state index in [1.165, 1.54) is 18.4 Å². The van der Waals surface area contributed by atoms with Crippen LogP contribution in [0.5, 0.6) is 5.75 Å². The molecule has 1 rings (SSSR count). The third-order valence-corrected chi connectivity index (χ3v) is 3.00. The lowest BCUT2D eigenvalue weighted by Gasteiger charge is -2.21. The third-order valence-electron chi connectivity index (χ3n) is 3.00. The van der Waals surface area contributed by atoms with Gasteiger partial charge in [-0.25, -0.2) is 0 Å². The topological polar surface area (TPSA) is 21.3 Å². The van der Waals surface area contributed by atoms with Crippen LogP contribution in [-0.4, -0.2) is 12.6 Å². The quantitative estimate of drug-likeness (QED) is 0.742. The molecule has 0 aliphatic rings. The Labute approximate surface area is 118 Å². The molecule has 1 aromatic carbocycles. The molecular formula is C17H29NO. The Morgan fingerprint density at radius 3 is 2.16 bits per heavy atom. The standard InChI is InChI=1S/C17H29NO/c1-6-11-18-17(12-13(2)3)15-7-9-16(10-8-15)19-14(4)5/h7-10,13-14,17-18H,6,11-12H2,1-5H3. The van der Waals surface area contributed by atoms with Gasteiger partial charge in [-0.3, -0.25) is 0 Å². The average Bonchev–Trinajstić information content (AvgIpc) is 2.34. The summed E-state index contributed by atoms with van der Waals surface area (Å²) in [4.78, 5) is 0. The molecule has 1 atom stereocenters. The van der Waals surface area contributed by atoms with E-state index in [4.69, 9.17) is 4.74 Å². The molecule has 0 aliphatic carbocycles. The summed E-state index contributed by atoms with van der Waals surface area (Å²) >= 11 is 0. The van der Waals surface area contributed by atoms with Crippen molar-refractivity contribution in [1.82, 2.24) is 5.32 Å². The van der Waals surface area contributed by atoms with Crippen molar-refractivity contribution in [2.24, 2.45) is 5.92 Å². The summed E-state index contributed by atoms with van der Waals surface area (Å²) in [6, 6.07) is 8.99. The van der Waals surface area contributed by atoms with Gasteiger partial charge in [-0.1, -0.05) is 32.9 Å². The Bertz CT molecular complexity index is 343. The predicted molar refractivity (Wildman–Crippen MR) is 82.7 cm³/mol. The Morgan fingerprint density at radius 2 is 1.68 bits per heavy atom. The second kappa shape index (κ2) is 8.21. The van der Waals surface area contributed by atoms with E-state index in [9.17, 15) is 0 Å². The summed E-state index contributed by atoms with van der Waals surface area (Å²) in [6.07, 6.45) is 2.57. The first kappa shape index (κ1) is 16.0. The van der Waals surface area contributed by atoms with E-state index < -0.39 is 0 Å². The molecule has 1 unspecified atom stereocenters. The van der Waals surface area contributed by atoms with Gasteiger partial charge in [0.25, 0.3) is 0 Å². The Balaban J connectivity index is 2.72. The van der Waals surface area contributed by atoms with Crippen LogP contribution in [0.2, 0.25) is 0 Å². The zero-order chi connectivity index (χ0) is 14.3. The predicted octanol–water partition coefficient (Wildman–Crippen LogP) is 4.56. The van der Waals surface area contributed by atoms with Gasteiger partial charge < -0.3 is 10.1 Å². The summed E-state index contributed by atoms with van der Waals surface area (Å²) in [6.45, 7) is 11.9. The minimum absolute atomic E-state index is 0.232. The van der Waals surface area contributed by atoms with Crippen molar-refractivity contribution in [1.29, 1.82) is 0 Å². The Hall–Kier alpha value is -1.02. The lowest BCUT2D eigenvalue weighted by Crippen LogP contribution is -2.23. The van der Waals surface area contributed by atoms with E-state index in [2.05, 4.69) is 64.2 Å². The molecule has 108 valence electrons. The van der Waals surface area contributed by atoms with Crippen molar-refractivity contribution in [2.45, 2.75) is 59.6 Å². The summed E-state index contributed by atoms with van der Waals surface area (Å²) in [5, 5.41) is 3.64. The molecule has 0 amide bonds. The molecule has 0 aliphatic heterocycles. The van der Waals surface area contributed by atoms with Crippen LogP contribution in [0, 0.1) is 5.92 Å². The summed E-state index contributed by atoms with van der Waals surface area (Å²) < 4.78 is 5.69. The van der Waals surface area contributed by atoms with E-state index in [0.717, 1.165) is 12.3 Å². The molecule has 0 bridgehead atoms. The van der Waals surface area contributed by atoms with Crippen LogP contribution in [0.3, 0.4) is 0 Å². The molecule has 0 saturated carbocycles. The summed E-state index contributed by atoms with van der Waals surface area (Å²) in [7, 11) is 0. The SMILES string of the molecule is CCCNC(CC(C)C)c1ccc(OC(C)C)cc1. The molecule has 1 N–H and O–H groups in total. The maximum Gasteiger partial charge on any atom is 0.119 e. The van der Waals surface area contributed by atoms with Crippen LogP contribution < -0.4 is 10.1 Å². The minimum Gasteiger partial charge on any atom is -0.491 e. The van der Waals surface area contributed by atoms with Gasteiger partial charge in [0.2, 0.25) is 0 Å². The Morgan fingerprint density at radius 1 is 1.05 bits per heavy atom. The molecule has 1 aromatic rings. The van der Waals surface area contributed by atoms with Crippen LogP contribution in [0.15, 0.2) is 24.3 Å². The molecule has 2 nitrogen and oxygen atoms in total. The highest BCUT2D eigenvalue weighted by Crippen LogP contribution is 2.24. The van der Waals surface area contributed by atoms with Gasteiger partial charge in [-0.2, -0.15) is 0 Å². The number of rotatable bonds is 8. The highest BCUT2D eigenvalue weighted by atomic mass is 16.5. The molecule has 0 saturated heterocycles. The molecular weight excluding hydrogens is 234 g/mol. The van der Waals surface area contributed by atoms with Crippen molar-refractivity contribution < 1.29 is 4.74 Å². The second-order valence-corrected chi connectivity index (χ2v) is 5.87. The van der Waals surface area contributed by atoms with Crippen LogP contribution in [0.1, 0.15) is 59.1 Å². The maximum absolute atomic E-state index is 5.69. The zero-order valence-corrected chi connectivity index (χ0v) is 13.1. The second-order valence-electron chi connectivity index (χ2n) is 5.87. The van der Waals surface area contributed by atoms with E-state index in [1.807, 2.05) is 0 Å². The highest BCUT2D eigenvalue weighted by Gasteiger charge is 2.12. The van der Waals surface area contributed by atoms with Gasteiger partial charge in [-0.15, -0.1) is 0 Å². The van der Waals surface area contributed by atoms with Crippen molar-refractivity contribution >= 4 is 0 Å². The third kappa shape index (κ3) is 6.11. The van der Waals surface area contributed by atoms with Crippen LogP contribution >= 0.6 is 0 Å². The number of hydrogen-bond acceptors (Lipinski definition) is 2. The van der Waals surface area contributed by atoms with E-state index >= 15 is 0 Å².